The van der Waals surface area contributed by atoms with E-state index in [1.807, 2.05) is 6.92 Å². The van der Waals surface area contributed by atoms with E-state index in [0.29, 0.717) is 5.92 Å². The summed E-state index contributed by atoms with van der Waals surface area (Å²) in [5.74, 6) is 0.776. The molecule has 1 atom stereocenters. The molecule has 0 aliphatic heterocycles. The number of nitro groups is 1. The highest BCUT2D eigenvalue weighted by atomic mass is 32.2. The quantitative estimate of drug-likeness (QED) is 0.469. The molecule has 0 amide bonds. The third-order valence-electron chi connectivity index (χ3n) is 3.49. The van der Waals surface area contributed by atoms with E-state index in [1.54, 1.807) is 0 Å². The second-order valence-electron chi connectivity index (χ2n) is 5.15. The van der Waals surface area contributed by atoms with Crippen LogP contribution in [0.1, 0.15) is 19.8 Å². The number of hydrogen-bond donors (Lipinski definition) is 2. The summed E-state index contributed by atoms with van der Waals surface area (Å²) in [6, 6.07) is 3.53. The molecule has 1 unspecified atom stereocenters. The van der Waals surface area contributed by atoms with Crippen molar-refractivity contribution in [3.05, 3.63) is 28.3 Å². The lowest BCUT2D eigenvalue weighted by Crippen LogP contribution is -2.29. The normalized spacial score (nSPS) is 16.9. The lowest BCUT2D eigenvalue weighted by molar-refractivity contribution is -0.387. The number of anilines is 1. The van der Waals surface area contributed by atoms with E-state index in [1.165, 1.54) is 6.07 Å². The van der Waals surface area contributed by atoms with Crippen molar-refractivity contribution in [3.8, 4) is 0 Å². The number of nitrogens with zero attached hydrogens (tertiary/aromatic N) is 1. The lowest BCUT2D eigenvalue weighted by Gasteiger charge is -2.12. The maximum absolute atomic E-state index is 12.2. The maximum Gasteiger partial charge on any atom is 0.289 e. The van der Waals surface area contributed by atoms with Crippen molar-refractivity contribution < 1.29 is 13.3 Å². The van der Waals surface area contributed by atoms with E-state index in [-0.39, 0.29) is 23.0 Å². The van der Waals surface area contributed by atoms with Crippen molar-refractivity contribution in [1.82, 2.24) is 4.72 Å². The van der Waals surface area contributed by atoms with Crippen molar-refractivity contribution in [2.24, 2.45) is 11.8 Å². The summed E-state index contributed by atoms with van der Waals surface area (Å²) in [4.78, 5) is 9.80. The Labute approximate surface area is 117 Å². The largest absolute Gasteiger partial charge is 0.399 e. The van der Waals surface area contributed by atoms with Gasteiger partial charge in [0, 0.05) is 18.3 Å². The molecular weight excluding hydrogens is 282 g/mol. The summed E-state index contributed by atoms with van der Waals surface area (Å²) < 4.78 is 26.8. The maximum atomic E-state index is 12.2. The van der Waals surface area contributed by atoms with Crippen LogP contribution in [0.3, 0.4) is 0 Å². The molecule has 2 rings (SSSR count). The molecule has 3 N–H and O–H groups in total. The van der Waals surface area contributed by atoms with E-state index in [9.17, 15) is 18.5 Å². The van der Waals surface area contributed by atoms with Crippen LogP contribution in [0, 0.1) is 22.0 Å². The number of nitrogens with one attached hydrogen (secondary N) is 1. The van der Waals surface area contributed by atoms with Crippen LogP contribution in [0.15, 0.2) is 23.1 Å². The summed E-state index contributed by atoms with van der Waals surface area (Å²) in [5.41, 5.74) is 5.23. The molecule has 110 valence electrons. The van der Waals surface area contributed by atoms with Gasteiger partial charge in [0.05, 0.1) is 4.92 Å². The van der Waals surface area contributed by atoms with Crippen LogP contribution in [-0.4, -0.2) is 19.9 Å². The average molecular weight is 299 g/mol. The van der Waals surface area contributed by atoms with Crippen molar-refractivity contribution in [2.75, 3.05) is 12.3 Å². The molecule has 1 aromatic rings. The van der Waals surface area contributed by atoms with E-state index in [2.05, 4.69) is 4.72 Å². The number of nitrogens with two attached hydrogens (primary N) is 1. The Balaban J connectivity index is 2.23. The van der Waals surface area contributed by atoms with E-state index >= 15 is 0 Å². The van der Waals surface area contributed by atoms with Crippen LogP contribution >= 0.6 is 0 Å². The van der Waals surface area contributed by atoms with Gasteiger partial charge in [0.1, 0.15) is 0 Å². The minimum absolute atomic E-state index is 0.172. The Morgan fingerprint density at radius 2 is 2.15 bits per heavy atom. The number of rotatable bonds is 6. The van der Waals surface area contributed by atoms with Crippen LogP contribution < -0.4 is 10.5 Å². The van der Waals surface area contributed by atoms with Crippen LogP contribution in [-0.2, 0) is 10.0 Å². The number of sulfonamides is 1. The van der Waals surface area contributed by atoms with E-state index in [4.69, 9.17) is 5.73 Å². The van der Waals surface area contributed by atoms with Crippen molar-refractivity contribution in [2.45, 2.75) is 24.7 Å². The van der Waals surface area contributed by atoms with E-state index in [0.717, 1.165) is 25.0 Å². The minimum Gasteiger partial charge on any atom is -0.399 e. The highest BCUT2D eigenvalue weighted by Gasteiger charge is 2.30. The monoisotopic (exact) mass is 299 g/mol. The fourth-order valence-electron chi connectivity index (χ4n) is 2.05. The third-order valence-corrected chi connectivity index (χ3v) is 4.94. The Bertz CT molecular complexity index is 626. The summed E-state index contributed by atoms with van der Waals surface area (Å²) in [6.45, 7) is 2.24. The Morgan fingerprint density at radius 1 is 1.50 bits per heavy atom. The molecule has 8 heteroatoms. The molecule has 0 heterocycles. The van der Waals surface area contributed by atoms with E-state index < -0.39 is 20.6 Å². The molecule has 1 aliphatic carbocycles. The van der Waals surface area contributed by atoms with Gasteiger partial charge in [-0.2, -0.15) is 0 Å². The summed E-state index contributed by atoms with van der Waals surface area (Å²) in [6.07, 6.45) is 2.22. The van der Waals surface area contributed by atoms with Crippen molar-refractivity contribution in [3.63, 3.8) is 0 Å². The molecule has 7 nitrogen and oxygen atoms in total. The van der Waals surface area contributed by atoms with Gasteiger partial charge in [-0.15, -0.1) is 0 Å². The number of hydrogen-bond acceptors (Lipinski definition) is 5. The zero-order chi connectivity index (χ0) is 14.9. The van der Waals surface area contributed by atoms with Gasteiger partial charge in [-0.25, -0.2) is 13.1 Å². The summed E-state index contributed by atoms with van der Waals surface area (Å²) >= 11 is 0. The minimum atomic E-state index is -3.93. The lowest BCUT2D eigenvalue weighted by atomic mass is 10.1. The fraction of sp³-hybridized carbons (Fsp3) is 0.500. The molecular formula is C12H17N3O4S. The standard InChI is InChI=1S/C12H17N3O4S/c1-8(9-2-3-9)7-14-20(18,19)12-6-10(13)4-5-11(12)15(16)17/h4-6,8-9,14H,2-3,7,13H2,1H3. The molecule has 1 saturated carbocycles. The topological polar surface area (TPSA) is 115 Å². The molecule has 20 heavy (non-hydrogen) atoms. The second kappa shape index (κ2) is 5.37. The van der Waals surface area contributed by atoms with Crippen LogP contribution in [0.2, 0.25) is 0 Å². The number of nitrogen functional groups attached to an aromatic ring is 1. The first-order chi connectivity index (χ1) is 9.31. The van der Waals surface area contributed by atoms with Crippen LogP contribution in [0.4, 0.5) is 11.4 Å². The van der Waals surface area contributed by atoms with Crippen LogP contribution in [0.5, 0.6) is 0 Å². The van der Waals surface area contributed by atoms with Gasteiger partial charge in [-0.05, 0) is 36.8 Å². The zero-order valence-corrected chi connectivity index (χ0v) is 11.9. The van der Waals surface area contributed by atoms with Gasteiger partial charge in [0.2, 0.25) is 10.0 Å². The molecule has 0 aromatic heterocycles. The molecule has 0 saturated heterocycles. The smallest absolute Gasteiger partial charge is 0.289 e. The average Bonchev–Trinajstić information content (AvgIpc) is 3.20. The predicted octanol–water partition coefficient (Wildman–Crippen LogP) is 1.50. The van der Waals surface area contributed by atoms with Crippen molar-refractivity contribution in [1.29, 1.82) is 0 Å². The zero-order valence-electron chi connectivity index (χ0n) is 11.1. The molecule has 0 spiro atoms. The Morgan fingerprint density at radius 3 is 2.70 bits per heavy atom. The molecule has 1 aromatic carbocycles. The number of nitro benzene ring substituents is 1. The molecule has 1 aliphatic rings. The van der Waals surface area contributed by atoms with Crippen LogP contribution in [0.25, 0.3) is 0 Å². The summed E-state index contributed by atoms with van der Waals surface area (Å²) in [7, 11) is -3.93. The first kappa shape index (κ1) is 14.7. The fourth-order valence-corrected chi connectivity index (χ4v) is 3.39. The van der Waals surface area contributed by atoms with Gasteiger partial charge in [-0.3, -0.25) is 10.1 Å². The third kappa shape index (κ3) is 3.26. The highest BCUT2D eigenvalue weighted by molar-refractivity contribution is 7.89. The van der Waals surface area contributed by atoms with Gasteiger partial charge in [-0.1, -0.05) is 6.92 Å². The van der Waals surface area contributed by atoms with Gasteiger partial charge in [0.25, 0.3) is 5.69 Å². The second-order valence-corrected chi connectivity index (χ2v) is 6.89. The van der Waals surface area contributed by atoms with Gasteiger partial charge in [0.15, 0.2) is 4.90 Å². The molecule has 1 fully saturated rings. The molecule has 0 radical (unpaired) electrons. The first-order valence-corrected chi connectivity index (χ1v) is 7.83. The first-order valence-electron chi connectivity index (χ1n) is 6.35. The summed E-state index contributed by atoms with van der Waals surface area (Å²) in [5, 5.41) is 10.9. The molecule has 0 bridgehead atoms. The Hall–Kier alpha value is -1.67. The predicted molar refractivity (Wildman–Crippen MR) is 74.6 cm³/mol. The van der Waals surface area contributed by atoms with Gasteiger partial charge < -0.3 is 5.73 Å². The highest BCUT2D eigenvalue weighted by Crippen LogP contribution is 2.36. The SMILES string of the molecule is CC(CNS(=O)(=O)c1cc(N)ccc1[N+](=O)[O-])C1CC1. The Kier molecular flexibility index (Phi) is 3.96. The van der Waals surface area contributed by atoms with Gasteiger partial charge >= 0.3 is 0 Å². The van der Waals surface area contributed by atoms with Crippen molar-refractivity contribution >= 4 is 21.4 Å². The number of benzene rings is 1.